The fourth-order valence-electron chi connectivity index (χ4n) is 1.68. The van der Waals surface area contributed by atoms with Gasteiger partial charge in [-0.1, -0.05) is 23.7 Å². The van der Waals surface area contributed by atoms with Gasteiger partial charge in [-0.25, -0.2) is 4.68 Å². The van der Waals surface area contributed by atoms with E-state index in [2.05, 4.69) is 5.10 Å². The van der Waals surface area contributed by atoms with Gasteiger partial charge in [0.05, 0.1) is 6.21 Å². The minimum Gasteiger partial charge on any atom is -0.267 e. The van der Waals surface area contributed by atoms with E-state index >= 15 is 0 Å². The standard InChI is InChI=1S/C14H13ClN2O/c1-10-7-11(2)17(14(18)8-10)16-9-12-3-5-13(15)6-4-12/h3-9H,1-2H3/b16-9+. The molecular formula is C14H13ClN2O. The molecule has 0 amide bonds. The fourth-order valence-corrected chi connectivity index (χ4v) is 1.81. The Bertz CT molecular complexity index is 642. The van der Waals surface area contributed by atoms with Gasteiger partial charge < -0.3 is 0 Å². The van der Waals surface area contributed by atoms with E-state index in [0.29, 0.717) is 5.02 Å². The Balaban J connectivity index is 2.35. The SMILES string of the molecule is Cc1cc(C)n(/N=C/c2ccc(Cl)cc2)c(=O)c1. The van der Waals surface area contributed by atoms with Crippen LogP contribution in [0.5, 0.6) is 0 Å². The quantitative estimate of drug-likeness (QED) is 0.765. The number of halogens is 1. The fraction of sp³-hybridized carbons (Fsp3) is 0.143. The Hall–Kier alpha value is -1.87. The predicted molar refractivity (Wildman–Crippen MR) is 74.6 cm³/mol. The zero-order valence-electron chi connectivity index (χ0n) is 10.2. The van der Waals surface area contributed by atoms with E-state index in [-0.39, 0.29) is 5.56 Å². The summed E-state index contributed by atoms with van der Waals surface area (Å²) < 4.78 is 1.38. The minimum atomic E-state index is -0.127. The molecule has 1 aromatic heterocycles. The van der Waals surface area contributed by atoms with Crippen molar-refractivity contribution in [3.05, 3.63) is 68.6 Å². The third kappa shape index (κ3) is 2.87. The number of benzene rings is 1. The van der Waals surface area contributed by atoms with Gasteiger partial charge in [0, 0.05) is 16.8 Å². The second-order valence-corrected chi connectivity index (χ2v) is 4.56. The summed E-state index contributed by atoms with van der Waals surface area (Å²) in [7, 11) is 0. The molecule has 0 radical (unpaired) electrons. The molecule has 0 atom stereocenters. The summed E-state index contributed by atoms with van der Waals surface area (Å²) in [5, 5.41) is 4.86. The van der Waals surface area contributed by atoms with Gasteiger partial charge in [0.2, 0.25) is 0 Å². The highest BCUT2D eigenvalue weighted by Gasteiger charge is 1.98. The Morgan fingerprint density at radius 3 is 2.44 bits per heavy atom. The van der Waals surface area contributed by atoms with Crippen LogP contribution in [0.4, 0.5) is 0 Å². The lowest BCUT2D eigenvalue weighted by atomic mass is 10.2. The maximum absolute atomic E-state index is 11.8. The zero-order chi connectivity index (χ0) is 13.1. The summed E-state index contributed by atoms with van der Waals surface area (Å²) in [6, 6.07) is 10.7. The predicted octanol–water partition coefficient (Wildman–Crippen LogP) is 3.00. The zero-order valence-corrected chi connectivity index (χ0v) is 11.0. The van der Waals surface area contributed by atoms with E-state index in [1.54, 1.807) is 24.4 Å². The van der Waals surface area contributed by atoms with Gasteiger partial charge in [0.25, 0.3) is 5.56 Å². The van der Waals surface area contributed by atoms with Crippen LogP contribution in [0.2, 0.25) is 5.02 Å². The third-order valence-electron chi connectivity index (χ3n) is 2.52. The van der Waals surface area contributed by atoms with Gasteiger partial charge in [-0.2, -0.15) is 5.10 Å². The topological polar surface area (TPSA) is 34.4 Å². The molecule has 0 spiro atoms. The van der Waals surface area contributed by atoms with Gasteiger partial charge in [0.15, 0.2) is 0 Å². The number of rotatable bonds is 2. The minimum absolute atomic E-state index is 0.127. The summed E-state index contributed by atoms with van der Waals surface area (Å²) >= 11 is 5.80. The molecular weight excluding hydrogens is 248 g/mol. The lowest BCUT2D eigenvalue weighted by Gasteiger charge is -2.03. The molecule has 0 unspecified atom stereocenters. The number of aromatic nitrogens is 1. The lowest BCUT2D eigenvalue weighted by molar-refractivity contribution is 0.791. The van der Waals surface area contributed by atoms with Crippen LogP contribution in [0.3, 0.4) is 0 Å². The highest BCUT2D eigenvalue weighted by Crippen LogP contribution is 2.08. The Kier molecular flexibility index (Phi) is 3.63. The van der Waals surface area contributed by atoms with Crippen LogP contribution in [0.1, 0.15) is 16.8 Å². The van der Waals surface area contributed by atoms with Crippen LogP contribution in [0, 0.1) is 13.8 Å². The van der Waals surface area contributed by atoms with E-state index in [0.717, 1.165) is 16.8 Å². The first-order valence-corrected chi connectivity index (χ1v) is 5.94. The van der Waals surface area contributed by atoms with Crippen LogP contribution < -0.4 is 5.56 Å². The summed E-state index contributed by atoms with van der Waals surface area (Å²) in [5.41, 5.74) is 2.52. The second-order valence-electron chi connectivity index (χ2n) is 4.12. The van der Waals surface area contributed by atoms with E-state index in [1.807, 2.05) is 32.0 Å². The highest BCUT2D eigenvalue weighted by atomic mass is 35.5. The average Bonchev–Trinajstić information content (AvgIpc) is 2.30. The number of pyridine rings is 1. The van der Waals surface area contributed by atoms with Gasteiger partial charge in [-0.05, 0) is 43.2 Å². The van der Waals surface area contributed by atoms with Gasteiger partial charge in [0.1, 0.15) is 0 Å². The van der Waals surface area contributed by atoms with E-state index in [9.17, 15) is 4.79 Å². The van der Waals surface area contributed by atoms with Crippen molar-refractivity contribution in [1.29, 1.82) is 0 Å². The lowest BCUT2D eigenvalue weighted by Crippen LogP contribution is -2.18. The van der Waals surface area contributed by atoms with Crippen LogP contribution in [0.15, 0.2) is 46.3 Å². The molecule has 4 heteroatoms. The second kappa shape index (κ2) is 5.19. The summed E-state index contributed by atoms with van der Waals surface area (Å²) in [5.74, 6) is 0. The van der Waals surface area contributed by atoms with Crippen LogP contribution in [-0.2, 0) is 0 Å². The number of nitrogens with zero attached hydrogens (tertiary/aromatic N) is 2. The molecule has 0 saturated heterocycles. The molecule has 0 saturated carbocycles. The smallest absolute Gasteiger partial charge is 0.267 e. The Morgan fingerprint density at radius 1 is 1.17 bits per heavy atom. The first-order valence-electron chi connectivity index (χ1n) is 5.56. The van der Waals surface area contributed by atoms with Crippen LogP contribution in [-0.4, -0.2) is 10.9 Å². The van der Waals surface area contributed by atoms with Crippen molar-refractivity contribution in [3.63, 3.8) is 0 Å². The van der Waals surface area contributed by atoms with Crippen molar-refractivity contribution in [3.8, 4) is 0 Å². The monoisotopic (exact) mass is 260 g/mol. The van der Waals surface area contributed by atoms with Crippen molar-refractivity contribution in [2.45, 2.75) is 13.8 Å². The first kappa shape index (κ1) is 12.6. The molecule has 2 rings (SSSR count). The number of aryl methyl sites for hydroxylation is 2. The highest BCUT2D eigenvalue weighted by molar-refractivity contribution is 6.30. The summed E-state index contributed by atoms with van der Waals surface area (Å²) in [6.45, 7) is 3.75. The maximum Gasteiger partial charge on any atom is 0.271 e. The molecule has 0 fully saturated rings. The molecule has 0 aliphatic carbocycles. The van der Waals surface area contributed by atoms with E-state index < -0.39 is 0 Å². The van der Waals surface area contributed by atoms with Gasteiger partial charge in [-0.3, -0.25) is 4.79 Å². The normalized spacial score (nSPS) is 11.1. The van der Waals surface area contributed by atoms with Gasteiger partial charge in [-0.15, -0.1) is 0 Å². The van der Waals surface area contributed by atoms with Crippen molar-refractivity contribution in [2.75, 3.05) is 0 Å². The molecule has 0 bridgehead atoms. The molecule has 1 aromatic carbocycles. The van der Waals surface area contributed by atoms with Crippen LogP contribution >= 0.6 is 11.6 Å². The Labute approximate surface area is 110 Å². The average molecular weight is 261 g/mol. The molecule has 0 aliphatic rings. The van der Waals surface area contributed by atoms with E-state index in [1.165, 1.54) is 4.68 Å². The molecule has 0 N–H and O–H groups in total. The first-order chi connectivity index (χ1) is 8.56. The summed E-state index contributed by atoms with van der Waals surface area (Å²) in [6.07, 6.45) is 1.64. The maximum atomic E-state index is 11.8. The molecule has 18 heavy (non-hydrogen) atoms. The van der Waals surface area contributed by atoms with E-state index in [4.69, 9.17) is 11.6 Å². The van der Waals surface area contributed by atoms with Gasteiger partial charge >= 0.3 is 0 Å². The third-order valence-corrected chi connectivity index (χ3v) is 2.77. The Morgan fingerprint density at radius 2 is 1.83 bits per heavy atom. The molecule has 1 heterocycles. The summed E-state index contributed by atoms with van der Waals surface area (Å²) in [4.78, 5) is 11.8. The number of hydrogen-bond donors (Lipinski definition) is 0. The molecule has 0 aliphatic heterocycles. The number of hydrogen-bond acceptors (Lipinski definition) is 2. The molecule has 92 valence electrons. The van der Waals surface area contributed by atoms with Crippen LogP contribution in [0.25, 0.3) is 0 Å². The molecule has 3 nitrogen and oxygen atoms in total. The largest absolute Gasteiger partial charge is 0.271 e. The van der Waals surface area contributed by atoms with Crippen molar-refractivity contribution in [2.24, 2.45) is 5.10 Å². The molecule has 2 aromatic rings. The van der Waals surface area contributed by atoms with Crippen molar-refractivity contribution in [1.82, 2.24) is 4.68 Å². The van der Waals surface area contributed by atoms with Crippen molar-refractivity contribution < 1.29 is 0 Å². The van der Waals surface area contributed by atoms with Crippen molar-refractivity contribution >= 4 is 17.8 Å².